The summed E-state index contributed by atoms with van der Waals surface area (Å²) >= 11 is 1.66. The molecule has 3 N–H and O–H groups in total. The number of carbonyl (C=O) groups excluding carboxylic acids is 1. The van der Waals surface area contributed by atoms with Crippen LogP contribution in [0.15, 0.2) is 5.38 Å². The Kier molecular flexibility index (Phi) is 11.0. The number of halogens is 2. The van der Waals surface area contributed by atoms with Crippen LogP contribution in [0.25, 0.3) is 0 Å². The average molecular weight is 354 g/mol. The zero-order chi connectivity index (χ0) is 13.5. The van der Waals surface area contributed by atoms with Gasteiger partial charge in [-0.25, -0.2) is 4.98 Å². The van der Waals surface area contributed by atoms with Gasteiger partial charge in [0.1, 0.15) is 5.01 Å². The van der Waals surface area contributed by atoms with Gasteiger partial charge in [-0.1, -0.05) is 12.8 Å². The van der Waals surface area contributed by atoms with Gasteiger partial charge >= 0.3 is 0 Å². The van der Waals surface area contributed by atoms with E-state index in [-0.39, 0.29) is 30.7 Å². The second-order valence-electron chi connectivity index (χ2n) is 5.17. The first-order valence-corrected chi connectivity index (χ1v) is 8.08. The molecule has 0 aliphatic heterocycles. The lowest BCUT2D eigenvalue weighted by molar-refractivity contribution is -0.121. The highest BCUT2D eigenvalue weighted by atomic mass is 35.5. The Morgan fingerprint density at radius 2 is 2.00 bits per heavy atom. The minimum absolute atomic E-state index is 0. The average Bonchev–Trinajstić information content (AvgIpc) is 3.15. The van der Waals surface area contributed by atoms with E-state index >= 15 is 0 Å². The maximum absolute atomic E-state index is 11.6. The van der Waals surface area contributed by atoms with Crippen molar-refractivity contribution in [1.29, 1.82) is 0 Å². The third-order valence-electron chi connectivity index (χ3n) is 3.36. The molecule has 0 unspecified atom stereocenters. The second kappa shape index (κ2) is 11.2. The third kappa shape index (κ3) is 8.00. The van der Waals surface area contributed by atoms with Crippen molar-refractivity contribution in [3.05, 3.63) is 16.1 Å². The lowest BCUT2D eigenvalue weighted by Gasteiger charge is -2.03. The molecule has 0 atom stereocenters. The van der Waals surface area contributed by atoms with E-state index in [1.165, 1.54) is 18.5 Å². The van der Waals surface area contributed by atoms with E-state index in [4.69, 9.17) is 5.73 Å². The van der Waals surface area contributed by atoms with Crippen molar-refractivity contribution in [3.63, 3.8) is 0 Å². The number of hydrogen-bond acceptors (Lipinski definition) is 4. The van der Waals surface area contributed by atoms with Crippen molar-refractivity contribution in [1.82, 2.24) is 10.3 Å². The molecule has 0 radical (unpaired) electrons. The van der Waals surface area contributed by atoms with Gasteiger partial charge in [-0.2, -0.15) is 0 Å². The fourth-order valence-electron chi connectivity index (χ4n) is 2.02. The van der Waals surface area contributed by atoms with Crippen LogP contribution in [0.1, 0.15) is 61.6 Å². The van der Waals surface area contributed by atoms with Gasteiger partial charge in [0.15, 0.2) is 0 Å². The van der Waals surface area contributed by atoms with Crippen molar-refractivity contribution in [3.8, 4) is 0 Å². The van der Waals surface area contributed by atoms with Gasteiger partial charge in [-0.15, -0.1) is 36.2 Å². The molecule has 7 heteroatoms. The van der Waals surface area contributed by atoms with Crippen LogP contribution in [-0.4, -0.2) is 17.4 Å². The molecule has 21 heavy (non-hydrogen) atoms. The van der Waals surface area contributed by atoms with Crippen LogP contribution in [0, 0.1) is 0 Å². The number of nitrogens with zero attached hydrogens (tertiary/aromatic N) is 1. The number of rotatable bonds is 9. The van der Waals surface area contributed by atoms with E-state index in [0.29, 0.717) is 18.9 Å². The predicted molar refractivity (Wildman–Crippen MR) is 92.6 cm³/mol. The summed E-state index contributed by atoms with van der Waals surface area (Å²) in [5, 5.41) is 6.10. The van der Waals surface area contributed by atoms with Gasteiger partial charge in [-0.05, 0) is 32.2 Å². The van der Waals surface area contributed by atoms with E-state index in [9.17, 15) is 4.79 Å². The Balaban J connectivity index is 0.00000200. The largest absolute Gasteiger partial charge is 0.350 e. The summed E-state index contributed by atoms with van der Waals surface area (Å²) in [4.78, 5) is 16.2. The molecular weight excluding hydrogens is 329 g/mol. The Morgan fingerprint density at radius 1 is 1.29 bits per heavy atom. The van der Waals surface area contributed by atoms with Crippen LogP contribution in [0.5, 0.6) is 0 Å². The highest BCUT2D eigenvalue weighted by molar-refractivity contribution is 7.09. The molecule has 0 spiro atoms. The van der Waals surface area contributed by atoms with Crippen LogP contribution in [-0.2, 0) is 11.3 Å². The smallest absolute Gasteiger partial charge is 0.220 e. The van der Waals surface area contributed by atoms with Gasteiger partial charge in [0.05, 0.1) is 12.2 Å². The van der Waals surface area contributed by atoms with Gasteiger partial charge in [0.25, 0.3) is 0 Å². The minimum atomic E-state index is 0. The van der Waals surface area contributed by atoms with Gasteiger partial charge < -0.3 is 11.1 Å². The molecule has 1 heterocycles. The topological polar surface area (TPSA) is 68.0 Å². The molecule has 0 aromatic carbocycles. The molecule has 4 nitrogen and oxygen atoms in total. The SMILES string of the molecule is Cl.Cl.NCCCCCCC(=O)NCc1nc(C2CC2)cs1. The van der Waals surface area contributed by atoms with Crippen molar-refractivity contribution in [2.24, 2.45) is 5.73 Å². The first-order valence-electron chi connectivity index (χ1n) is 7.20. The second-order valence-corrected chi connectivity index (χ2v) is 6.11. The minimum Gasteiger partial charge on any atom is -0.350 e. The zero-order valence-electron chi connectivity index (χ0n) is 12.2. The predicted octanol–water partition coefficient (Wildman–Crippen LogP) is 3.39. The van der Waals surface area contributed by atoms with E-state index < -0.39 is 0 Å². The van der Waals surface area contributed by atoms with Crippen LogP contribution in [0.3, 0.4) is 0 Å². The molecule has 2 rings (SSSR count). The van der Waals surface area contributed by atoms with E-state index in [0.717, 1.165) is 37.2 Å². The highest BCUT2D eigenvalue weighted by Gasteiger charge is 2.25. The van der Waals surface area contributed by atoms with E-state index in [1.807, 2.05) is 0 Å². The normalized spacial score (nSPS) is 13.2. The van der Waals surface area contributed by atoms with Crippen molar-refractivity contribution < 1.29 is 4.79 Å². The lowest BCUT2D eigenvalue weighted by atomic mass is 10.1. The molecule has 1 aliphatic rings. The molecular formula is C14H25Cl2N3OS. The van der Waals surface area contributed by atoms with Crippen molar-refractivity contribution >= 4 is 42.1 Å². The quantitative estimate of drug-likeness (QED) is 0.668. The number of carbonyl (C=O) groups is 1. The molecule has 1 saturated carbocycles. The molecule has 1 aromatic heterocycles. The molecule has 1 aliphatic carbocycles. The van der Waals surface area contributed by atoms with E-state index in [2.05, 4.69) is 15.7 Å². The number of amides is 1. The summed E-state index contributed by atoms with van der Waals surface area (Å²) in [7, 11) is 0. The summed E-state index contributed by atoms with van der Waals surface area (Å²) in [6.07, 6.45) is 7.40. The number of hydrogen-bond donors (Lipinski definition) is 2. The van der Waals surface area contributed by atoms with Crippen molar-refractivity contribution in [2.75, 3.05) is 6.54 Å². The van der Waals surface area contributed by atoms with Crippen LogP contribution in [0.2, 0.25) is 0 Å². The molecule has 0 saturated heterocycles. The first kappa shape index (κ1) is 20.6. The maximum Gasteiger partial charge on any atom is 0.220 e. The maximum atomic E-state index is 11.6. The summed E-state index contributed by atoms with van der Waals surface area (Å²) < 4.78 is 0. The highest BCUT2D eigenvalue weighted by Crippen LogP contribution is 2.40. The molecule has 122 valence electrons. The Morgan fingerprint density at radius 3 is 2.67 bits per heavy atom. The molecule has 0 bridgehead atoms. The summed E-state index contributed by atoms with van der Waals surface area (Å²) in [6, 6.07) is 0. The monoisotopic (exact) mass is 353 g/mol. The fraction of sp³-hybridized carbons (Fsp3) is 0.714. The van der Waals surface area contributed by atoms with E-state index in [1.54, 1.807) is 11.3 Å². The molecule has 1 aromatic rings. The Bertz CT molecular complexity index is 411. The van der Waals surface area contributed by atoms with Crippen LogP contribution < -0.4 is 11.1 Å². The number of thiazole rings is 1. The molecule has 1 amide bonds. The lowest BCUT2D eigenvalue weighted by Crippen LogP contribution is -2.22. The summed E-state index contributed by atoms with van der Waals surface area (Å²) in [6.45, 7) is 1.33. The van der Waals surface area contributed by atoms with Crippen molar-refractivity contribution in [2.45, 2.75) is 57.4 Å². The fourth-order valence-corrected chi connectivity index (χ4v) is 2.83. The number of unbranched alkanes of at least 4 members (excludes halogenated alkanes) is 3. The van der Waals surface area contributed by atoms with Gasteiger partial charge in [0, 0.05) is 17.7 Å². The molecule has 1 fully saturated rings. The summed E-state index contributed by atoms with van der Waals surface area (Å²) in [5.41, 5.74) is 6.64. The number of nitrogens with one attached hydrogen (secondary N) is 1. The Hall–Kier alpha value is -0.360. The third-order valence-corrected chi connectivity index (χ3v) is 4.23. The van der Waals surface area contributed by atoms with Gasteiger partial charge in [0.2, 0.25) is 5.91 Å². The Labute approximate surface area is 143 Å². The summed E-state index contributed by atoms with van der Waals surface area (Å²) in [5.74, 6) is 0.833. The first-order chi connectivity index (χ1) is 9.29. The zero-order valence-corrected chi connectivity index (χ0v) is 14.6. The number of nitrogens with two attached hydrogens (primary N) is 1. The van der Waals surface area contributed by atoms with Crippen LogP contribution >= 0.6 is 36.2 Å². The standard InChI is InChI=1S/C14H23N3OS.2ClH/c15-8-4-2-1-3-5-13(18)16-9-14-17-12(10-19-14)11-6-7-11;;/h10-11H,1-9,15H2,(H,16,18);2*1H. The van der Waals surface area contributed by atoms with Gasteiger partial charge in [-0.3, -0.25) is 4.79 Å². The van der Waals surface area contributed by atoms with Crippen LogP contribution in [0.4, 0.5) is 0 Å². The number of aromatic nitrogens is 1.